The number of benzene rings is 1. The Balaban J connectivity index is 1.82. The average Bonchev–Trinajstić information content (AvgIpc) is 2.95. The Bertz CT molecular complexity index is 743. The van der Waals surface area contributed by atoms with Gasteiger partial charge in [0.2, 0.25) is 0 Å². The van der Waals surface area contributed by atoms with Crippen LogP contribution in [0.2, 0.25) is 10.0 Å². The van der Waals surface area contributed by atoms with E-state index in [1.807, 2.05) is 0 Å². The Morgan fingerprint density at radius 1 is 1.35 bits per heavy atom. The Labute approximate surface area is 144 Å². The summed E-state index contributed by atoms with van der Waals surface area (Å²) in [6.45, 7) is 6.15. The predicted octanol–water partition coefficient (Wildman–Crippen LogP) is 3.47. The molecule has 1 aliphatic heterocycles. The first-order valence-electron chi connectivity index (χ1n) is 7.32. The number of carbonyl (C=O) groups is 1. The summed E-state index contributed by atoms with van der Waals surface area (Å²) >= 11 is 12.1. The van der Waals surface area contributed by atoms with E-state index in [1.165, 1.54) is 0 Å². The van der Waals surface area contributed by atoms with E-state index in [1.54, 1.807) is 29.2 Å². The molecule has 2 heterocycles. The van der Waals surface area contributed by atoms with Gasteiger partial charge in [-0.1, -0.05) is 28.4 Å². The molecule has 1 aromatic heterocycles. The summed E-state index contributed by atoms with van der Waals surface area (Å²) in [6, 6.07) is 6.70. The van der Waals surface area contributed by atoms with Gasteiger partial charge in [0.15, 0.2) is 11.5 Å². The van der Waals surface area contributed by atoms with Crippen molar-refractivity contribution in [1.82, 2.24) is 15.4 Å². The summed E-state index contributed by atoms with van der Waals surface area (Å²) < 4.78 is 5.29. The highest BCUT2D eigenvalue weighted by Gasteiger charge is 2.30. The molecule has 0 spiro atoms. The first kappa shape index (κ1) is 16.3. The number of nitrogens with one attached hydrogen (secondary N) is 1. The Kier molecular flexibility index (Phi) is 4.36. The Morgan fingerprint density at radius 2 is 2.13 bits per heavy atom. The zero-order valence-corrected chi connectivity index (χ0v) is 14.4. The first-order chi connectivity index (χ1) is 10.9. The second kappa shape index (κ2) is 6.15. The van der Waals surface area contributed by atoms with Gasteiger partial charge in [-0.25, -0.2) is 0 Å². The van der Waals surface area contributed by atoms with Crippen LogP contribution in [-0.2, 0) is 0 Å². The fourth-order valence-corrected chi connectivity index (χ4v) is 3.17. The van der Waals surface area contributed by atoms with Gasteiger partial charge in [-0.2, -0.15) is 0 Å². The van der Waals surface area contributed by atoms with Crippen LogP contribution >= 0.6 is 23.2 Å². The van der Waals surface area contributed by atoms with Crippen molar-refractivity contribution >= 4 is 29.1 Å². The van der Waals surface area contributed by atoms with Crippen LogP contribution in [0.1, 0.15) is 24.3 Å². The molecular weight excluding hydrogens is 337 g/mol. The van der Waals surface area contributed by atoms with Gasteiger partial charge < -0.3 is 14.7 Å². The number of rotatable bonds is 2. The molecule has 0 radical (unpaired) electrons. The molecule has 1 amide bonds. The molecule has 1 aliphatic rings. The molecular formula is C16H17Cl2N3O2. The number of nitrogens with zero attached hydrogens (tertiary/aromatic N) is 2. The van der Waals surface area contributed by atoms with Crippen LogP contribution in [0.15, 0.2) is 28.8 Å². The van der Waals surface area contributed by atoms with Gasteiger partial charge in [-0.15, -0.1) is 0 Å². The van der Waals surface area contributed by atoms with Gasteiger partial charge in [-0.05, 0) is 32.0 Å². The third kappa shape index (κ3) is 3.52. The maximum atomic E-state index is 12.6. The summed E-state index contributed by atoms with van der Waals surface area (Å²) in [6.07, 6.45) is 0. The molecule has 5 nitrogen and oxygen atoms in total. The van der Waals surface area contributed by atoms with Crippen molar-refractivity contribution in [3.63, 3.8) is 0 Å². The van der Waals surface area contributed by atoms with Gasteiger partial charge in [0, 0.05) is 41.8 Å². The van der Waals surface area contributed by atoms with Crippen molar-refractivity contribution in [2.75, 3.05) is 19.6 Å². The fourth-order valence-electron chi connectivity index (χ4n) is 2.67. The minimum atomic E-state index is -0.139. The normalized spacial score (nSPS) is 17.3. The van der Waals surface area contributed by atoms with Crippen LogP contribution in [-0.4, -0.2) is 41.1 Å². The van der Waals surface area contributed by atoms with E-state index in [9.17, 15) is 4.79 Å². The lowest BCUT2D eigenvalue weighted by Gasteiger charge is -2.38. The van der Waals surface area contributed by atoms with Gasteiger partial charge in [0.25, 0.3) is 5.91 Å². The maximum Gasteiger partial charge on any atom is 0.276 e. The number of amides is 1. The zero-order valence-electron chi connectivity index (χ0n) is 12.9. The van der Waals surface area contributed by atoms with Crippen LogP contribution in [0, 0.1) is 0 Å². The topological polar surface area (TPSA) is 58.4 Å². The van der Waals surface area contributed by atoms with Crippen molar-refractivity contribution in [2.45, 2.75) is 19.4 Å². The van der Waals surface area contributed by atoms with Crippen molar-refractivity contribution in [1.29, 1.82) is 0 Å². The summed E-state index contributed by atoms with van der Waals surface area (Å²) in [5.41, 5.74) is 0.826. The highest BCUT2D eigenvalue weighted by Crippen LogP contribution is 2.31. The van der Waals surface area contributed by atoms with E-state index in [-0.39, 0.29) is 17.1 Å². The quantitative estimate of drug-likeness (QED) is 0.897. The predicted molar refractivity (Wildman–Crippen MR) is 89.9 cm³/mol. The molecule has 122 valence electrons. The van der Waals surface area contributed by atoms with Crippen molar-refractivity contribution in [2.24, 2.45) is 0 Å². The Morgan fingerprint density at radius 3 is 2.83 bits per heavy atom. The van der Waals surface area contributed by atoms with E-state index in [2.05, 4.69) is 24.3 Å². The molecule has 0 atom stereocenters. The van der Waals surface area contributed by atoms with Crippen molar-refractivity contribution < 1.29 is 9.32 Å². The van der Waals surface area contributed by atoms with Crippen LogP contribution in [0.4, 0.5) is 0 Å². The largest absolute Gasteiger partial charge is 0.355 e. The van der Waals surface area contributed by atoms with Gasteiger partial charge in [0.05, 0.1) is 5.02 Å². The number of hydrogen-bond donors (Lipinski definition) is 1. The number of halogens is 2. The minimum Gasteiger partial charge on any atom is -0.355 e. The molecule has 0 bridgehead atoms. The third-order valence-electron chi connectivity index (χ3n) is 3.78. The zero-order chi connectivity index (χ0) is 16.6. The minimum absolute atomic E-state index is 0.111. The number of hydrogen-bond acceptors (Lipinski definition) is 4. The molecule has 1 saturated heterocycles. The molecule has 0 saturated carbocycles. The van der Waals surface area contributed by atoms with Crippen LogP contribution in [0.3, 0.4) is 0 Å². The molecule has 0 unspecified atom stereocenters. The molecule has 1 N–H and O–H groups in total. The van der Waals surface area contributed by atoms with E-state index in [0.29, 0.717) is 34.5 Å². The molecule has 1 fully saturated rings. The van der Waals surface area contributed by atoms with Gasteiger partial charge >= 0.3 is 0 Å². The highest BCUT2D eigenvalue weighted by molar-refractivity contribution is 6.36. The molecule has 7 heteroatoms. The number of aromatic nitrogens is 1. The Hall–Kier alpha value is -1.56. The first-order valence-corrected chi connectivity index (χ1v) is 8.08. The second-order valence-corrected chi connectivity index (χ2v) is 7.08. The molecule has 23 heavy (non-hydrogen) atoms. The standard InChI is InChI=1S/C16H17Cl2N3O2/c1-16(2)9-21(6-5-19-16)15(22)13-8-14(23-20-13)11-4-3-10(17)7-12(11)18/h3-4,7-8,19H,5-6,9H2,1-2H3. The molecule has 3 rings (SSSR count). The second-order valence-electron chi connectivity index (χ2n) is 6.24. The van der Waals surface area contributed by atoms with Crippen LogP contribution < -0.4 is 5.32 Å². The average molecular weight is 354 g/mol. The van der Waals surface area contributed by atoms with E-state index in [4.69, 9.17) is 27.7 Å². The lowest BCUT2D eigenvalue weighted by molar-refractivity contribution is 0.0642. The number of carbonyl (C=O) groups excluding carboxylic acids is 1. The molecule has 1 aromatic carbocycles. The maximum absolute atomic E-state index is 12.6. The smallest absolute Gasteiger partial charge is 0.276 e. The fraction of sp³-hybridized carbons (Fsp3) is 0.375. The van der Waals surface area contributed by atoms with Crippen LogP contribution in [0.25, 0.3) is 11.3 Å². The van der Waals surface area contributed by atoms with E-state index < -0.39 is 0 Å². The summed E-state index contributed by atoms with van der Waals surface area (Å²) in [4.78, 5) is 14.4. The lowest BCUT2D eigenvalue weighted by Crippen LogP contribution is -2.58. The molecule has 0 aliphatic carbocycles. The summed E-state index contributed by atoms with van der Waals surface area (Å²) in [5, 5.41) is 8.27. The van der Waals surface area contributed by atoms with Crippen molar-refractivity contribution in [3.8, 4) is 11.3 Å². The van der Waals surface area contributed by atoms with Crippen LogP contribution in [0.5, 0.6) is 0 Å². The van der Waals surface area contributed by atoms with E-state index in [0.717, 1.165) is 6.54 Å². The highest BCUT2D eigenvalue weighted by atomic mass is 35.5. The van der Waals surface area contributed by atoms with Crippen molar-refractivity contribution in [3.05, 3.63) is 40.0 Å². The number of piperazine rings is 1. The lowest BCUT2D eigenvalue weighted by atomic mass is 10.0. The van der Waals surface area contributed by atoms with Gasteiger partial charge in [0.1, 0.15) is 0 Å². The summed E-state index contributed by atoms with van der Waals surface area (Å²) in [5.74, 6) is 0.309. The monoisotopic (exact) mass is 353 g/mol. The van der Waals surface area contributed by atoms with E-state index >= 15 is 0 Å². The summed E-state index contributed by atoms with van der Waals surface area (Å²) in [7, 11) is 0. The molecule has 2 aromatic rings. The third-order valence-corrected chi connectivity index (χ3v) is 4.33. The SMILES string of the molecule is CC1(C)CN(C(=O)c2cc(-c3ccc(Cl)cc3Cl)on2)CCN1. The van der Waals surface area contributed by atoms with Gasteiger partial charge in [-0.3, -0.25) is 4.79 Å².